The molecule has 0 bridgehead atoms. The van der Waals surface area contributed by atoms with E-state index in [1.165, 1.54) is 0 Å². The lowest BCUT2D eigenvalue weighted by molar-refractivity contribution is -0.118. The van der Waals surface area contributed by atoms with Gasteiger partial charge in [-0.3, -0.25) is 4.79 Å². The lowest BCUT2D eigenvalue weighted by Gasteiger charge is -2.11. The van der Waals surface area contributed by atoms with Crippen molar-refractivity contribution in [3.8, 4) is 11.5 Å². The molecule has 0 aliphatic carbocycles. The number of carbonyl (C=O) groups is 1. The molecule has 23 heavy (non-hydrogen) atoms. The third-order valence-electron chi connectivity index (χ3n) is 3.50. The van der Waals surface area contributed by atoms with E-state index in [4.69, 9.17) is 9.47 Å². The minimum Gasteiger partial charge on any atom is -0.494 e. The molecule has 0 spiro atoms. The molecular weight excluding hydrogens is 290 g/mol. The average Bonchev–Trinajstić information content (AvgIpc) is 2.54. The van der Waals surface area contributed by atoms with Crippen molar-refractivity contribution in [3.05, 3.63) is 53.6 Å². The van der Waals surface area contributed by atoms with E-state index in [-0.39, 0.29) is 12.5 Å². The Morgan fingerprint density at radius 2 is 1.87 bits per heavy atom. The lowest BCUT2D eigenvalue weighted by Crippen LogP contribution is -2.20. The summed E-state index contributed by atoms with van der Waals surface area (Å²) < 4.78 is 11.2. The number of ether oxygens (including phenoxy) is 2. The minimum atomic E-state index is -0.196. The Balaban J connectivity index is 1.91. The van der Waals surface area contributed by atoms with E-state index in [1.54, 1.807) is 0 Å². The van der Waals surface area contributed by atoms with E-state index in [9.17, 15) is 4.79 Å². The fourth-order valence-electron chi connectivity index (χ4n) is 2.10. The summed E-state index contributed by atoms with van der Waals surface area (Å²) in [5, 5.41) is 2.82. The van der Waals surface area contributed by atoms with Crippen molar-refractivity contribution in [1.82, 2.24) is 0 Å². The van der Waals surface area contributed by atoms with Gasteiger partial charge >= 0.3 is 0 Å². The number of benzene rings is 2. The van der Waals surface area contributed by atoms with Crippen LogP contribution in [0.1, 0.15) is 24.5 Å². The molecule has 0 fully saturated rings. The highest BCUT2D eigenvalue weighted by Gasteiger charge is 2.07. The average molecular weight is 313 g/mol. The third-order valence-corrected chi connectivity index (χ3v) is 3.50. The summed E-state index contributed by atoms with van der Waals surface area (Å²) in [5.74, 6) is 1.29. The van der Waals surface area contributed by atoms with Crippen LogP contribution in [-0.4, -0.2) is 19.1 Å². The topological polar surface area (TPSA) is 47.6 Å². The van der Waals surface area contributed by atoms with E-state index < -0.39 is 0 Å². The first-order valence-electron chi connectivity index (χ1n) is 7.82. The number of amides is 1. The van der Waals surface area contributed by atoms with Crippen LogP contribution in [0, 0.1) is 13.8 Å². The van der Waals surface area contributed by atoms with Crippen LogP contribution in [0.25, 0.3) is 0 Å². The molecule has 122 valence electrons. The molecule has 2 rings (SSSR count). The van der Waals surface area contributed by atoms with Crippen LogP contribution in [0.15, 0.2) is 42.5 Å². The zero-order chi connectivity index (χ0) is 16.7. The normalized spacial score (nSPS) is 10.2. The maximum Gasteiger partial charge on any atom is 0.262 e. The van der Waals surface area contributed by atoms with Crippen molar-refractivity contribution in [3.63, 3.8) is 0 Å². The number of anilines is 1. The molecule has 0 unspecified atom stereocenters. The highest BCUT2D eigenvalue weighted by molar-refractivity contribution is 5.92. The fraction of sp³-hybridized carbons (Fsp3) is 0.316. The molecule has 4 heteroatoms. The van der Waals surface area contributed by atoms with Crippen molar-refractivity contribution in [2.75, 3.05) is 18.5 Å². The molecule has 4 nitrogen and oxygen atoms in total. The molecule has 0 radical (unpaired) electrons. The van der Waals surface area contributed by atoms with Gasteiger partial charge in [-0.25, -0.2) is 0 Å². The second kappa shape index (κ2) is 8.22. The summed E-state index contributed by atoms with van der Waals surface area (Å²) in [6, 6.07) is 13.2. The highest BCUT2D eigenvalue weighted by Crippen LogP contribution is 2.21. The van der Waals surface area contributed by atoms with E-state index in [1.807, 2.05) is 56.3 Å². The number of rotatable bonds is 7. The summed E-state index contributed by atoms with van der Waals surface area (Å²) in [6.45, 7) is 6.69. The van der Waals surface area contributed by atoms with Crippen LogP contribution in [-0.2, 0) is 4.79 Å². The summed E-state index contributed by atoms with van der Waals surface area (Å²) in [6.07, 6.45) is 0.945. The minimum absolute atomic E-state index is 0.0235. The van der Waals surface area contributed by atoms with Gasteiger partial charge in [0.05, 0.1) is 6.61 Å². The van der Waals surface area contributed by atoms with Gasteiger partial charge in [-0.1, -0.05) is 25.1 Å². The van der Waals surface area contributed by atoms with Gasteiger partial charge in [0.2, 0.25) is 0 Å². The first kappa shape index (κ1) is 16.9. The number of aryl methyl sites for hydroxylation is 1. The largest absolute Gasteiger partial charge is 0.494 e. The summed E-state index contributed by atoms with van der Waals surface area (Å²) >= 11 is 0. The Labute approximate surface area is 137 Å². The molecule has 0 aliphatic rings. The van der Waals surface area contributed by atoms with Gasteiger partial charge in [0.15, 0.2) is 6.61 Å². The van der Waals surface area contributed by atoms with Gasteiger partial charge in [0.1, 0.15) is 11.5 Å². The Hall–Kier alpha value is -2.49. The Morgan fingerprint density at radius 1 is 1.09 bits per heavy atom. The van der Waals surface area contributed by atoms with Crippen LogP contribution in [0.2, 0.25) is 0 Å². The van der Waals surface area contributed by atoms with E-state index in [0.29, 0.717) is 12.3 Å². The third kappa shape index (κ3) is 5.02. The number of hydrogen-bond donors (Lipinski definition) is 1. The van der Waals surface area contributed by atoms with Crippen LogP contribution in [0.5, 0.6) is 11.5 Å². The Morgan fingerprint density at radius 3 is 2.65 bits per heavy atom. The molecule has 0 aliphatic heterocycles. The molecule has 0 heterocycles. The predicted molar refractivity (Wildman–Crippen MR) is 92.3 cm³/mol. The van der Waals surface area contributed by atoms with Crippen LogP contribution >= 0.6 is 0 Å². The number of hydrogen-bond acceptors (Lipinski definition) is 3. The molecule has 2 aromatic carbocycles. The maximum atomic E-state index is 12.0. The van der Waals surface area contributed by atoms with E-state index >= 15 is 0 Å². The van der Waals surface area contributed by atoms with E-state index in [2.05, 4.69) is 12.2 Å². The quantitative estimate of drug-likeness (QED) is 0.837. The highest BCUT2D eigenvalue weighted by atomic mass is 16.5. The van der Waals surface area contributed by atoms with Crippen molar-refractivity contribution in [2.45, 2.75) is 27.2 Å². The standard InChI is InChI=1S/C19H23NO3/c1-4-11-22-17-9-6-8-16(12-17)20-19(21)13-23-18-10-5-7-14(2)15(18)3/h5-10,12H,4,11,13H2,1-3H3,(H,20,21). The van der Waals surface area contributed by atoms with Gasteiger partial charge in [-0.15, -0.1) is 0 Å². The van der Waals surface area contributed by atoms with Crippen LogP contribution in [0.3, 0.4) is 0 Å². The molecular formula is C19H23NO3. The second-order valence-electron chi connectivity index (χ2n) is 5.41. The Bertz CT molecular complexity index is 667. The molecule has 1 N–H and O–H groups in total. The molecule has 0 atom stereocenters. The molecule has 2 aromatic rings. The smallest absolute Gasteiger partial charge is 0.262 e. The number of carbonyl (C=O) groups excluding carboxylic acids is 1. The number of nitrogens with one attached hydrogen (secondary N) is 1. The summed E-state index contributed by atoms with van der Waals surface area (Å²) in [4.78, 5) is 12.0. The van der Waals surface area contributed by atoms with Gasteiger partial charge in [-0.05, 0) is 49.6 Å². The first-order chi connectivity index (χ1) is 11.1. The zero-order valence-electron chi connectivity index (χ0n) is 13.9. The van der Waals surface area contributed by atoms with Gasteiger partial charge < -0.3 is 14.8 Å². The monoisotopic (exact) mass is 313 g/mol. The van der Waals surface area contributed by atoms with Gasteiger partial charge in [0.25, 0.3) is 5.91 Å². The van der Waals surface area contributed by atoms with E-state index in [0.717, 1.165) is 29.0 Å². The summed E-state index contributed by atoms with van der Waals surface area (Å²) in [7, 11) is 0. The SMILES string of the molecule is CCCOc1cccc(NC(=O)COc2cccc(C)c2C)c1. The van der Waals surface area contributed by atoms with Crippen molar-refractivity contribution >= 4 is 11.6 Å². The van der Waals surface area contributed by atoms with Crippen molar-refractivity contribution in [1.29, 1.82) is 0 Å². The van der Waals surface area contributed by atoms with Crippen molar-refractivity contribution < 1.29 is 14.3 Å². The predicted octanol–water partition coefficient (Wildman–Crippen LogP) is 4.11. The van der Waals surface area contributed by atoms with Crippen molar-refractivity contribution in [2.24, 2.45) is 0 Å². The molecule has 0 aromatic heterocycles. The molecule has 1 amide bonds. The second-order valence-corrected chi connectivity index (χ2v) is 5.41. The van der Waals surface area contributed by atoms with Crippen LogP contribution < -0.4 is 14.8 Å². The molecule has 0 saturated heterocycles. The first-order valence-corrected chi connectivity index (χ1v) is 7.82. The Kier molecular flexibility index (Phi) is 6.03. The lowest BCUT2D eigenvalue weighted by atomic mass is 10.1. The molecule has 0 saturated carbocycles. The van der Waals surface area contributed by atoms with Crippen LogP contribution in [0.4, 0.5) is 5.69 Å². The van der Waals surface area contributed by atoms with Gasteiger partial charge in [0, 0.05) is 11.8 Å². The maximum absolute atomic E-state index is 12.0. The zero-order valence-corrected chi connectivity index (χ0v) is 13.9. The summed E-state index contributed by atoms with van der Waals surface area (Å²) in [5.41, 5.74) is 2.90. The fourth-order valence-corrected chi connectivity index (χ4v) is 2.10. The van der Waals surface area contributed by atoms with Gasteiger partial charge in [-0.2, -0.15) is 0 Å².